The molecule has 1 atom stereocenters. The van der Waals surface area contributed by atoms with Gasteiger partial charge in [-0.15, -0.1) is 11.8 Å². The van der Waals surface area contributed by atoms with Crippen LogP contribution in [0.3, 0.4) is 0 Å². The Bertz CT molecular complexity index is 634. The van der Waals surface area contributed by atoms with Crippen molar-refractivity contribution in [3.8, 4) is 5.75 Å². The molecule has 0 saturated carbocycles. The second kappa shape index (κ2) is 5.92. The lowest BCUT2D eigenvalue weighted by atomic mass is 10.3. The maximum absolute atomic E-state index is 12.5. The average Bonchev–Trinajstić information content (AvgIpc) is 2.88. The second-order valence-electron chi connectivity index (χ2n) is 4.04. The molecule has 9 heteroatoms. The summed E-state index contributed by atoms with van der Waals surface area (Å²) in [5.74, 6) is -0.227. The van der Waals surface area contributed by atoms with Gasteiger partial charge in [0, 0.05) is 5.75 Å². The minimum Gasteiger partial charge on any atom is -0.496 e. The SMILES string of the molecule is COc1ccc(S(=O)(=O)N2CSCC2C(=O)O)cc1Br. The minimum atomic E-state index is -3.83. The Hall–Kier alpha value is -0.770. The predicted molar refractivity (Wildman–Crippen MR) is 78.5 cm³/mol. The normalized spacial score (nSPS) is 20.0. The molecule has 1 aliphatic heterocycles. The average molecular weight is 382 g/mol. The van der Waals surface area contributed by atoms with E-state index in [0.717, 1.165) is 4.31 Å². The standard InChI is InChI=1S/C11H12BrNO5S2/c1-18-10-3-2-7(4-8(10)12)20(16,17)13-6-19-5-9(13)11(14)15/h2-4,9H,5-6H2,1H3,(H,14,15). The molecular weight excluding hydrogens is 370 g/mol. The highest BCUT2D eigenvalue weighted by Gasteiger charge is 2.40. The smallest absolute Gasteiger partial charge is 0.322 e. The molecule has 0 amide bonds. The third kappa shape index (κ3) is 2.80. The molecule has 110 valence electrons. The fraction of sp³-hybridized carbons (Fsp3) is 0.364. The highest BCUT2D eigenvalue weighted by atomic mass is 79.9. The maximum Gasteiger partial charge on any atom is 0.322 e. The predicted octanol–water partition coefficient (Wildman–Crippen LogP) is 1.61. The fourth-order valence-corrected chi connectivity index (χ4v) is 5.66. The quantitative estimate of drug-likeness (QED) is 0.852. The molecule has 1 N–H and O–H groups in total. The fourth-order valence-electron chi connectivity index (χ4n) is 1.80. The van der Waals surface area contributed by atoms with Crippen LogP contribution in [0.4, 0.5) is 0 Å². The van der Waals surface area contributed by atoms with Gasteiger partial charge < -0.3 is 9.84 Å². The zero-order valence-electron chi connectivity index (χ0n) is 10.4. The number of benzene rings is 1. The number of rotatable bonds is 4. The molecule has 0 spiro atoms. The molecule has 1 aromatic carbocycles. The van der Waals surface area contributed by atoms with E-state index in [4.69, 9.17) is 9.84 Å². The van der Waals surface area contributed by atoms with Crippen molar-refractivity contribution in [2.75, 3.05) is 18.7 Å². The summed E-state index contributed by atoms with van der Waals surface area (Å²) in [5.41, 5.74) is 0. The number of thioether (sulfide) groups is 1. The van der Waals surface area contributed by atoms with E-state index in [9.17, 15) is 13.2 Å². The van der Waals surface area contributed by atoms with Gasteiger partial charge in [0.05, 0.1) is 22.4 Å². The largest absolute Gasteiger partial charge is 0.496 e. The number of methoxy groups -OCH3 is 1. The minimum absolute atomic E-state index is 0.0407. The van der Waals surface area contributed by atoms with Crippen molar-refractivity contribution in [3.63, 3.8) is 0 Å². The van der Waals surface area contributed by atoms with Crippen LogP contribution in [0.15, 0.2) is 27.6 Å². The summed E-state index contributed by atoms with van der Waals surface area (Å²) in [7, 11) is -2.36. The van der Waals surface area contributed by atoms with Gasteiger partial charge in [0.2, 0.25) is 10.0 Å². The van der Waals surface area contributed by atoms with Crippen LogP contribution in [-0.2, 0) is 14.8 Å². The number of carbonyl (C=O) groups is 1. The number of aliphatic carboxylic acids is 1. The number of sulfonamides is 1. The zero-order valence-corrected chi connectivity index (χ0v) is 13.7. The first kappa shape index (κ1) is 15.6. The van der Waals surface area contributed by atoms with Crippen molar-refractivity contribution in [1.29, 1.82) is 0 Å². The highest BCUT2D eigenvalue weighted by Crippen LogP contribution is 2.32. The van der Waals surface area contributed by atoms with Crippen LogP contribution >= 0.6 is 27.7 Å². The molecule has 1 fully saturated rings. The number of nitrogens with zero attached hydrogens (tertiary/aromatic N) is 1. The van der Waals surface area contributed by atoms with Gasteiger partial charge in [0.1, 0.15) is 11.8 Å². The van der Waals surface area contributed by atoms with E-state index in [1.807, 2.05) is 0 Å². The van der Waals surface area contributed by atoms with E-state index in [-0.39, 0.29) is 16.5 Å². The van der Waals surface area contributed by atoms with Crippen molar-refractivity contribution in [3.05, 3.63) is 22.7 Å². The molecule has 2 rings (SSSR count). The summed E-state index contributed by atoms with van der Waals surface area (Å²) in [5, 5.41) is 9.08. The molecule has 1 heterocycles. The van der Waals surface area contributed by atoms with Crippen molar-refractivity contribution in [1.82, 2.24) is 4.31 Å². The molecule has 20 heavy (non-hydrogen) atoms. The molecule has 1 aliphatic rings. The zero-order chi connectivity index (χ0) is 14.9. The van der Waals surface area contributed by atoms with Gasteiger partial charge in [-0.1, -0.05) is 0 Å². The lowest BCUT2D eigenvalue weighted by Crippen LogP contribution is -2.41. The lowest BCUT2D eigenvalue weighted by Gasteiger charge is -2.20. The third-order valence-electron chi connectivity index (χ3n) is 2.86. The Labute approximate surface area is 129 Å². The van der Waals surface area contributed by atoms with Crippen LogP contribution in [0.5, 0.6) is 5.75 Å². The topological polar surface area (TPSA) is 83.9 Å². The van der Waals surface area contributed by atoms with E-state index in [2.05, 4.69) is 15.9 Å². The van der Waals surface area contributed by atoms with Gasteiger partial charge in [0.15, 0.2) is 0 Å². The molecule has 1 aromatic rings. The van der Waals surface area contributed by atoms with Crippen LogP contribution in [-0.4, -0.2) is 48.6 Å². The van der Waals surface area contributed by atoms with Gasteiger partial charge >= 0.3 is 5.97 Å². The van der Waals surface area contributed by atoms with Crippen LogP contribution < -0.4 is 4.74 Å². The van der Waals surface area contributed by atoms with Crippen molar-refractivity contribution in [2.24, 2.45) is 0 Å². The van der Waals surface area contributed by atoms with Gasteiger partial charge in [0.25, 0.3) is 0 Å². The second-order valence-corrected chi connectivity index (χ2v) is 7.79. The molecule has 0 bridgehead atoms. The number of halogens is 1. The molecular formula is C11H12BrNO5S2. The summed E-state index contributed by atoms with van der Waals surface area (Å²) in [6.45, 7) is 0. The van der Waals surface area contributed by atoms with E-state index >= 15 is 0 Å². The van der Waals surface area contributed by atoms with E-state index < -0.39 is 22.0 Å². The molecule has 0 aliphatic carbocycles. The number of carboxylic acid groups (broad SMARTS) is 1. The number of carboxylic acids is 1. The molecule has 0 radical (unpaired) electrons. The summed E-state index contributed by atoms with van der Waals surface area (Å²) in [6, 6.07) is 3.32. The molecule has 0 aromatic heterocycles. The summed E-state index contributed by atoms with van der Waals surface area (Å²) >= 11 is 4.50. The van der Waals surface area contributed by atoms with Crippen molar-refractivity contribution < 1.29 is 23.1 Å². The van der Waals surface area contributed by atoms with Crippen molar-refractivity contribution in [2.45, 2.75) is 10.9 Å². The third-order valence-corrected chi connectivity index (χ3v) is 6.50. The molecule has 1 unspecified atom stereocenters. The van der Waals surface area contributed by atoms with Gasteiger partial charge in [-0.2, -0.15) is 4.31 Å². The molecule has 6 nitrogen and oxygen atoms in total. The first-order valence-electron chi connectivity index (χ1n) is 5.54. The van der Waals surface area contributed by atoms with E-state index in [0.29, 0.717) is 10.2 Å². The monoisotopic (exact) mass is 381 g/mol. The number of hydrogen-bond acceptors (Lipinski definition) is 5. The number of hydrogen-bond donors (Lipinski definition) is 1. The highest BCUT2D eigenvalue weighted by molar-refractivity contribution is 9.10. The van der Waals surface area contributed by atoms with E-state index in [1.165, 1.54) is 37.1 Å². The van der Waals surface area contributed by atoms with Gasteiger partial charge in [-0.3, -0.25) is 4.79 Å². The maximum atomic E-state index is 12.5. The van der Waals surface area contributed by atoms with Crippen LogP contribution in [0.25, 0.3) is 0 Å². The number of ether oxygens (including phenoxy) is 1. The van der Waals surface area contributed by atoms with Gasteiger partial charge in [-0.25, -0.2) is 8.42 Å². The van der Waals surface area contributed by atoms with E-state index in [1.54, 1.807) is 0 Å². The van der Waals surface area contributed by atoms with Crippen LogP contribution in [0.1, 0.15) is 0 Å². The summed E-state index contributed by atoms with van der Waals surface area (Å²) < 4.78 is 31.5. The van der Waals surface area contributed by atoms with Crippen LogP contribution in [0, 0.1) is 0 Å². The molecule has 1 saturated heterocycles. The Balaban J connectivity index is 2.40. The Morgan fingerprint density at radius 3 is 2.80 bits per heavy atom. The summed E-state index contributed by atoms with van der Waals surface area (Å²) in [4.78, 5) is 11.1. The Morgan fingerprint density at radius 1 is 1.55 bits per heavy atom. The lowest BCUT2D eigenvalue weighted by molar-refractivity contribution is -0.140. The van der Waals surface area contributed by atoms with Crippen molar-refractivity contribution >= 4 is 43.7 Å². The van der Waals surface area contributed by atoms with Gasteiger partial charge in [-0.05, 0) is 34.1 Å². The Kier molecular flexibility index (Phi) is 4.62. The first-order valence-corrected chi connectivity index (χ1v) is 8.92. The first-order chi connectivity index (χ1) is 9.37. The van der Waals surface area contributed by atoms with Crippen LogP contribution in [0.2, 0.25) is 0 Å². The summed E-state index contributed by atoms with van der Waals surface area (Å²) in [6.07, 6.45) is 0. The Morgan fingerprint density at radius 2 is 2.25 bits per heavy atom.